The summed E-state index contributed by atoms with van der Waals surface area (Å²) >= 11 is 0. The molecule has 12 heavy (non-hydrogen) atoms. The van der Waals surface area contributed by atoms with Gasteiger partial charge in [-0.05, 0) is 32.9 Å². The zero-order valence-electron chi connectivity index (χ0n) is 8.60. The third-order valence-electron chi connectivity index (χ3n) is 2.30. The van der Waals surface area contributed by atoms with Gasteiger partial charge < -0.3 is 11.1 Å². The minimum absolute atomic E-state index is 0.819. The molecule has 1 aliphatic rings. The fourth-order valence-corrected chi connectivity index (χ4v) is 1.39. The van der Waals surface area contributed by atoms with Crippen molar-refractivity contribution < 1.29 is 0 Å². The Kier molecular flexibility index (Phi) is 8.95. The molecule has 0 bridgehead atoms. The molecule has 0 saturated heterocycles. The lowest BCUT2D eigenvalue weighted by atomic mass is 9.96. The first-order chi connectivity index (χ1) is 5.85. The minimum Gasteiger partial charge on any atom is -0.330 e. The predicted molar refractivity (Wildman–Crippen MR) is 55.3 cm³/mol. The van der Waals surface area contributed by atoms with Gasteiger partial charge in [0.25, 0.3) is 0 Å². The Hall–Kier alpha value is -0.0800. The van der Waals surface area contributed by atoms with Crippen LogP contribution in [0.2, 0.25) is 0 Å². The van der Waals surface area contributed by atoms with Gasteiger partial charge in [0.2, 0.25) is 0 Å². The molecule has 3 N–H and O–H groups in total. The van der Waals surface area contributed by atoms with Crippen LogP contribution in [0.25, 0.3) is 0 Å². The minimum atomic E-state index is 0.819. The number of nitrogens with two attached hydrogens (primary N) is 1. The van der Waals surface area contributed by atoms with E-state index in [1.165, 1.54) is 32.1 Å². The van der Waals surface area contributed by atoms with Gasteiger partial charge in [0.15, 0.2) is 0 Å². The van der Waals surface area contributed by atoms with Crippen LogP contribution in [0, 0.1) is 0 Å². The maximum absolute atomic E-state index is 5.03. The van der Waals surface area contributed by atoms with Crippen molar-refractivity contribution >= 4 is 0 Å². The Bertz CT molecular complexity index is 75.9. The smallest absolute Gasteiger partial charge is 0.00640 e. The Morgan fingerprint density at radius 2 is 1.75 bits per heavy atom. The number of rotatable bonds is 2. The van der Waals surface area contributed by atoms with E-state index in [0.717, 1.165) is 19.0 Å². The summed E-state index contributed by atoms with van der Waals surface area (Å²) in [6.45, 7) is 2.88. The summed E-state index contributed by atoms with van der Waals surface area (Å²) in [4.78, 5) is 0. The molecule has 0 spiro atoms. The molecule has 0 aliphatic heterocycles. The molecule has 0 aromatic carbocycles. The van der Waals surface area contributed by atoms with Crippen molar-refractivity contribution in [3.05, 3.63) is 0 Å². The molecule has 1 saturated carbocycles. The first-order valence-electron chi connectivity index (χ1n) is 5.22. The standard InChI is InChI=1S/C7H15N.C3H9N/c1-8-7-5-3-2-4-6-7;1-2-3-4/h7-8H,2-6H2,1H3;2-4H2,1H3. The van der Waals surface area contributed by atoms with E-state index in [1.807, 2.05) is 0 Å². The summed E-state index contributed by atoms with van der Waals surface area (Å²) in [5.74, 6) is 0. The summed E-state index contributed by atoms with van der Waals surface area (Å²) in [5.41, 5.74) is 5.03. The van der Waals surface area contributed by atoms with Crippen LogP contribution in [-0.4, -0.2) is 19.6 Å². The summed E-state index contributed by atoms with van der Waals surface area (Å²) in [7, 11) is 2.07. The second kappa shape index (κ2) is 9.01. The second-order valence-electron chi connectivity index (χ2n) is 3.41. The predicted octanol–water partition coefficient (Wildman–Crippen LogP) is 1.89. The third-order valence-corrected chi connectivity index (χ3v) is 2.30. The monoisotopic (exact) mass is 172 g/mol. The van der Waals surface area contributed by atoms with Gasteiger partial charge in [-0.15, -0.1) is 0 Å². The molecule has 0 radical (unpaired) electrons. The Morgan fingerprint density at radius 3 is 2.00 bits per heavy atom. The molecule has 1 rings (SSSR count). The maximum Gasteiger partial charge on any atom is 0.00640 e. The summed E-state index contributed by atoms with van der Waals surface area (Å²) < 4.78 is 0. The molecule has 1 fully saturated rings. The highest BCUT2D eigenvalue weighted by Gasteiger charge is 2.09. The van der Waals surface area contributed by atoms with Gasteiger partial charge in [-0.3, -0.25) is 0 Å². The van der Waals surface area contributed by atoms with E-state index in [1.54, 1.807) is 0 Å². The molecular formula is C10H24N2. The highest BCUT2D eigenvalue weighted by Crippen LogP contribution is 2.16. The van der Waals surface area contributed by atoms with Crippen LogP contribution in [0.3, 0.4) is 0 Å². The largest absolute Gasteiger partial charge is 0.330 e. The van der Waals surface area contributed by atoms with E-state index in [9.17, 15) is 0 Å². The summed E-state index contributed by atoms with van der Waals surface area (Å²) in [6.07, 6.45) is 8.22. The van der Waals surface area contributed by atoms with Crippen LogP contribution in [0.4, 0.5) is 0 Å². The lowest BCUT2D eigenvalue weighted by molar-refractivity contribution is 0.394. The van der Waals surface area contributed by atoms with Crippen LogP contribution >= 0.6 is 0 Å². The molecule has 0 atom stereocenters. The van der Waals surface area contributed by atoms with Crippen molar-refractivity contribution in [3.63, 3.8) is 0 Å². The normalized spacial score (nSPS) is 18.2. The molecule has 0 aromatic rings. The van der Waals surface area contributed by atoms with Gasteiger partial charge >= 0.3 is 0 Å². The molecule has 1 aliphatic carbocycles. The first kappa shape index (κ1) is 11.9. The van der Waals surface area contributed by atoms with Gasteiger partial charge in [0.05, 0.1) is 0 Å². The van der Waals surface area contributed by atoms with Crippen LogP contribution in [0.1, 0.15) is 45.4 Å². The zero-order valence-corrected chi connectivity index (χ0v) is 8.60. The molecule has 74 valence electrons. The van der Waals surface area contributed by atoms with Crippen molar-refractivity contribution in [1.82, 2.24) is 5.32 Å². The van der Waals surface area contributed by atoms with E-state index >= 15 is 0 Å². The van der Waals surface area contributed by atoms with Crippen molar-refractivity contribution in [2.24, 2.45) is 5.73 Å². The highest BCUT2D eigenvalue weighted by molar-refractivity contribution is 4.68. The highest BCUT2D eigenvalue weighted by atomic mass is 14.9. The van der Waals surface area contributed by atoms with Crippen molar-refractivity contribution in [2.45, 2.75) is 51.5 Å². The van der Waals surface area contributed by atoms with Crippen molar-refractivity contribution in [3.8, 4) is 0 Å². The zero-order chi connectivity index (χ0) is 9.23. The van der Waals surface area contributed by atoms with Crippen LogP contribution in [-0.2, 0) is 0 Å². The summed E-state index contributed by atoms with van der Waals surface area (Å²) in [5, 5.41) is 3.30. The van der Waals surface area contributed by atoms with E-state index in [0.29, 0.717) is 0 Å². The van der Waals surface area contributed by atoms with Gasteiger partial charge in [-0.25, -0.2) is 0 Å². The molecule has 2 heteroatoms. The third kappa shape index (κ3) is 6.62. The molecule has 0 aromatic heterocycles. The average molecular weight is 172 g/mol. The van der Waals surface area contributed by atoms with Gasteiger partial charge in [0.1, 0.15) is 0 Å². The van der Waals surface area contributed by atoms with E-state index in [4.69, 9.17) is 5.73 Å². The molecule has 2 nitrogen and oxygen atoms in total. The first-order valence-corrected chi connectivity index (χ1v) is 5.22. The Morgan fingerprint density at radius 1 is 1.25 bits per heavy atom. The topological polar surface area (TPSA) is 38.0 Å². The van der Waals surface area contributed by atoms with Gasteiger partial charge in [-0.2, -0.15) is 0 Å². The lowest BCUT2D eigenvalue weighted by Crippen LogP contribution is -2.26. The van der Waals surface area contributed by atoms with Crippen molar-refractivity contribution in [2.75, 3.05) is 13.6 Å². The van der Waals surface area contributed by atoms with Gasteiger partial charge in [-0.1, -0.05) is 26.2 Å². The molecule has 0 unspecified atom stereocenters. The van der Waals surface area contributed by atoms with Gasteiger partial charge in [0, 0.05) is 6.04 Å². The van der Waals surface area contributed by atoms with E-state index < -0.39 is 0 Å². The van der Waals surface area contributed by atoms with Crippen LogP contribution in [0.15, 0.2) is 0 Å². The fourth-order valence-electron chi connectivity index (χ4n) is 1.39. The maximum atomic E-state index is 5.03. The number of hydrogen-bond donors (Lipinski definition) is 2. The Labute approximate surface area is 76.9 Å². The summed E-state index contributed by atoms with van der Waals surface area (Å²) in [6, 6.07) is 0.837. The molecular weight excluding hydrogens is 148 g/mol. The van der Waals surface area contributed by atoms with E-state index in [-0.39, 0.29) is 0 Å². The Balaban J connectivity index is 0.000000261. The number of hydrogen-bond acceptors (Lipinski definition) is 2. The fraction of sp³-hybridized carbons (Fsp3) is 1.00. The van der Waals surface area contributed by atoms with Crippen LogP contribution < -0.4 is 11.1 Å². The molecule has 0 heterocycles. The van der Waals surface area contributed by atoms with Crippen molar-refractivity contribution in [1.29, 1.82) is 0 Å². The average Bonchev–Trinajstić information content (AvgIpc) is 2.19. The lowest BCUT2D eigenvalue weighted by Gasteiger charge is -2.20. The molecule has 0 amide bonds. The SMILES string of the molecule is CCCN.CNC1CCCCC1. The number of nitrogens with one attached hydrogen (secondary N) is 1. The van der Waals surface area contributed by atoms with Crippen LogP contribution in [0.5, 0.6) is 0 Å². The second-order valence-corrected chi connectivity index (χ2v) is 3.41. The van der Waals surface area contributed by atoms with E-state index in [2.05, 4.69) is 19.3 Å². The quantitative estimate of drug-likeness (QED) is 0.667.